The monoisotopic (exact) mass is 241 g/mol. The van der Waals surface area contributed by atoms with Crippen molar-refractivity contribution in [1.82, 2.24) is 15.5 Å². The summed E-state index contributed by atoms with van der Waals surface area (Å²) >= 11 is 1.69. The third kappa shape index (κ3) is 4.18. The second-order valence-electron chi connectivity index (χ2n) is 4.30. The van der Waals surface area contributed by atoms with Crippen LogP contribution in [0.5, 0.6) is 0 Å². The van der Waals surface area contributed by atoms with Gasteiger partial charge in [-0.2, -0.15) is 0 Å². The fourth-order valence-corrected chi connectivity index (χ4v) is 2.48. The van der Waals surface area contributed by atoms with Gasteiger partial charge < -0.3 is 5.32 Å². The minimum atomic E-state index is 0.327. The lowest BCUT2D eigenvalue weighted by Crippen LogP contribution is -2.30. The molecule has 1 N–H and O–H groups in total. The summed E-state index contributed by atoms with van der Waals surface area (Å²) in [6, 6.07) is 0.937. The Morgan fingerprint density at radius 3 is 2.56 bits per heavy atom. The third-order valence-corrected chi connectivity index (χ3v) is 3.82. The first-order valence-corrected chi connectivity index (χ1v) is 7.05. The summed E-state index contributed by atoms with van der Waals surface area (Å²) in [5.41, 5.74) is 0. The second-order valence-corrected chi connectivity index (χ2v) is 5.51. The average Bonchev–Trinajstić information content (AvgIpc) is 2.70. The van der Waals surface area contributed by atoms with Gasteiger partial charge in [-0.1, -0.05) is 26.7 Å². The molecule has 1 heterocycles. The van der Waals surface area contributed by atoms with Crippen LogP contribution in [0, 0.1) is 6.92 Å². The molecule has 4 heteroatoms. The smallest absolute Gasteiger partial charge is 0.134 e. The number of unbranched alkanes of at least 4 members (excludes halogenated alkanes) is 1. The number of nitrogens with zero attached hydrogens (tertiary/aromatic N) is 2. The van der Waals surface area contributed by atoms with E-state index in [1.165, 1.54) is 25.7 Å². The molecule has 0 bridgehead atoms. The van der Waals surface area contributed by atoms with Crippen molar-refractivity contribution < 1.29 is 0 Å². The van der Waals surface area contributed by atoms with Crippen molar-refractivity contribution in [3.63, 3.8) is 0 Å². The number of aromatic nitrogens is 2. The summed E-state index contributed by atoms with van der Waals surface area (Å²) in [7, 11) is 0. The highest BCUT2D eigenvalue weighted by Crippen LogP contribution is 2.18. The van der Waals surface area contributed by atoms with E-state index in [0.717, 1.165) is 10.0 Å². The number of hydrogen-bond donors (Lipinski definition) is 1. The van der Waals surface area contributed by atoms with Gasteiger partial charge >= 0.3 is 0 Å². The lowest BCUT2D eigenvalue weighted by molar-refractivity contribution is 0.408. The Morgan fingerprint density at radius 2 is 2.06 bits per heavy atom. The Morgan fingerprint density at radius 1 is 1.31 bits per heavy atom. The van der Waals surface area contributed by atoms with Gasteiger partial charge in [-0.25, -0.2) is 0 Å². The van der Waals surface area contributed by atoms with Crippen LogP contribution in [0.4, 0.5) is 0 Å². The predicted octanol–water partition coefficient (Wildman–Crippen LogP) is 3.47. The standard InChI is InChI=1S/C12H23N3S/c1-5-7-8-11(6-2)13-9(3)12-15-14-10(4)16-12/h9,11,13H,5-8H2,1-4H3. The van der Waals surface area contributed by atoms with Crippen LogP contribution in [-0.2, 0) is 0 Å². The minimum Gasteiger partial charge on any atom is -0.305 e. The summed E-state index contributed by atoms with van der Waals surface area (Å²) in [5, 5.41) is 14.0. The Bertz CT molecular complexity index is 298. The number of rotatable bonds is 7. The zero-order chi connectivity index (χ0) is 12.0. The van der Waals surface area contributed by atoms with Gasteiger partial charge in [-0.15, -0.1) is 21.5 Å². The van der Waals surface area contributed by atoms with Crippen LogP contribution < -0.4 is 5.32 Å². The van der Waals surface area contributed by atoms with Gasteiger partial charge in [0.05, 0.1) is 6.04 Å². The van der Waals surface area contributed by atoms with E-state index in [4.69, 9.17) is 0 Å². The van der Waals surface area contributed by atoms with Gasteiger partial charge in [-0.05, 0) is 26.7 Å². The first-order valence-electron chi connectivity index (χ1n) is 6.23. The maximum Gasteiger partial charge on any atom is 0.134 e. The van der Waals surface area contributed by atoms with Crippen LogP contribution >= 0.6 is 11.3 Å². The Labute approximate surface area is 103 Å². The molecule has 0 fully saturated rings. The third-order valence-electron chi connectivity index (χ3n) is 2.80. The molecule has 3 nitrogen and oxygen atoms in total. The van der Waals surface area contributed by atoms with Gasteiger partial charge in [0.1, 0.15) is 10.0 Å². The second kappa shape index (κ2) is 6.97. The van der Waals surface area contributed by atoms with Crippen LogP contribution in [0.25, 0.3) is 0 Å². The molecule has 92 valence electrons. The van der Waals surface area contributed by atoms with Crippen LogP contribution in [0.15, 0.2) is 0 Å². The average molecular weight is 241 g/mol. The van der Waals surface area contributed by atoms with E-state index >= 15 is 0 Å². The van der Waals surface area contributed by atoms with E-state index in [9.17, 15) is 0 Å². The molecule has 0 saturated carbocycles. The highest BCUT2D eigenvalue weighted by molar-refractivity contribution is 7.11. The topological polar surface area (TPSA) is 37.8 Å². The molecule has 0 aromatic carbocycles. The molecule has 1 aromatic rings. The highest BCUT2D eigenvalue weighted by atomic mass is 32.1. The van der Waals surface area contributed by atoms with E-state index in [2.05, 4.69) is 36.3 Å². The lowest BCUT2D eigenvalue weighted by atomic mass is 10.1. The Balaban J connectivity index is 2.45. The first-order chi connectivity index (χ1) is 7.67. The zero-order valence-corrected chi connectivity index (χ0v) is 11.6. The SMILES string of the molecule is CCCCC(CC)NC(C)c1nnc(C)s1. The van der Waals surface area contributed by atoms with Crippen LogP contribution in [-0.4, -0.2) is 16.2 Å². The number of aryl methyl sites for hydroxylation is 1. The van der Waals surface area contributed by atoms with Crippen LogP contribution in [0.3, 0.4) is 0 Å². The van der Waals surface area contributed by atoms with Crippen molar-refractivity contribution in [2.75, 3.05) is 0 Å². The first kappa shape index (κ1) is 13.6. The van der Waals surface area contributed by atoms with Gasteiger partial charge in [0.2, 0.25) is 0 Å². The molecule has 0 radical (unpaired) electrons. The molecule has 1 aromatic heterocycles. The Hall–Kier alpha value is -0.480. The molecule has 0 spiro atoms. The van der Waals surface area contributed by atoms with E-state index < -0.39 is 0 Å². The van der Waals surface area contributed by atoms with Crippen molar-refractivity contribution >= 4 is 11.3 Å². The minimum absolute atomic E-state index is 0.327. The maximum absolute atomic E-state index is 4.19. The molecule has 0 aliphatic carbocycles. The molecule has 0 aliphatic rings. The van der Waals surface area contributed by atoms with Gasteiger partial charge in [0, 0.05) is 6.04 Å². The summed E-state index contributed by atoms with van der Waals surface area (Å²) in [4.78, 5) is 0. The predicted molar refractivity (Wildman–Crippen MR) is 69.8 cm³/mol. The van der Waals surface area contributed by atoms with Crippen LogP contribution in [0.2, 0.25) is 0 Å². The van der Waals surface area contributed by atoms with Crippen molar-refractivity contribution in [3.8, 4) is 0 Å². The zero-order valence-electron chi connectivity index (χ0n) is 10.8. The summed E-state index contributed by atoms with van der Waals surface area (Å²) in [6.45, 7) is 8.66. The van der Waals surface area contributed by atoms with E-state index in [1.807, 2.05) is 6.92 Å². The van der Waals surface area contributed by atoms with Gasteiger partial charge in [0.15, 0.2) is 0 Å². The number of hydrogen-bond acceptors (Lipinski definition) is 4. The van der Waals surface area contributed by atoms with E-state index in [1.54, 1.807) is 11.3 Å². The molecular weight excluding hydrogens is 218 g/mol. The molecule has 2 unspecified atom stereocenters. The molecule has 2 atom stereocenters. The summed E-state index contributed by atoms with van der Waals surface area (Å²) in [6.07, 6.45) is 5.01. The quantitative estimate of drug-likeness (QED) is 0.794. The Kier molecular flexibility index (Phi) is 5.91. The van der Waals surface area contributed by atoms with E-state index in [0.29, 0.717) is 12.1 Å². The molecule has 0 amide bonds. The summed E-state index contributed by atoms with van der Waals surface area (Å²) < 4.78 is 0. The fraction of sp³-hybridized carbons (Fsp3) is 0.833. The lowest BCUT2D eigenvalue weighted by Gasteiger charge is -2.20. The molecule has 1 rings (SSSR count). The summed E-state index contributed by atoms with van der Waals surface area (Å²) in [5.74, 6) is 0. The van der Waals surface area contributed by atoms with E-state index in [-0.39, 0.29) is 0 Å². The van der Waals surface area contributed by atoms with Crippen molar-refractivity contribution in [2.45, 2.75) is 65.5 Å². The highest BCUT2D eigenvalue weighted by Gasteiger charge is 2.14. The fourth-order valence-electron chi connectivity index (χ4n) is 1.77. The van der Waals surface area contributed by atoms with Gasteiger partial charge in [-0.3, -0.25) is 0 Å². The van der Waals surface area contributed by atoms with Crippen LogP contribution in [0.1, 0.15) is 62.5 Å². The number of nitrogens with one attached hydrogen (secondary N) is 1. The van der Waals surface area contributed by atoms with Crippen molar-refractivity contribution in [3.05, 3.63) is 10.0 Å². The van der Waals surface area contributed by atoms with Crippen molar-refractivity contribution in [2.24, 2.45) is 0 Å². The molecule has 0 saturated heterocycles. The largest absolute Gasteiger partial charge is 0.305 e. The normalized spacial score (nSPS) is 15.0. The molecular formula is C12H23N3S. The van der Waals surface area contributed by atoms with Gasteiger partial charge in [0.25, 0.3) is 0 Å². The van der Waals surface area contributed by atoms with Crippen molar-refractivity contribution in [1.29, 1.82) is 0 Å². The molecule has 16 heavy (non-hydrogen) atoms. The maximum atomic E-state index is 4.19. The molecule has 0 aliphatic heterocycles.